The molecule has 0 unspecified atom stereocenters. The molecule has 0 spiro atoms. The van der Waals surface area contributed by atoms with Crippen LogP contribution in [0.2, 0.25) is 0 Å². The van der Waals surface area contributed by atoms with Crippen LogP contribution in [0.5, 0.6) is 0 Å². The Kier molecular flexibility index (Phi) is 5.58. The summed E-state index contributed by atoms with van der Waals surface area (Å²) in [7, 11) is 0. The van der Waals surface area contributed by atoms with E-state index in [1.807, 2.05) is 35.2 Å². The number of likely N-dealkylation sites (tertiary alicyclic amines) is 2. The first-order valence-electron chi connectivity index (χ1n) is 10.3. The van der Waals surface area contributed by atoms with E-state index in [0.717, 1.165) is 31.6 Å². The molecule has 0 radical (unpaired) electrons. The molecule has 152 valence electrons. The Morgan fingerprint density at radius 3 is 2.66 bits per heavy atom. The van der Waals surface area contributed by atoms with E-state index in [2.05, 4.69) is 27.1 Å². The van der Waals surface area contributed by atoms with Crippen LogP contribution in [0.25, 0.3) is 0 Å². The number of para-hydroxylation sites is 1. The quantitative estimate of drug-likeness (QED) is 0.863. The van der Waals surface area contributed by atoms with Crippen LogP contribution in [0.1, 0.15) is 36.7 Å². The van der Waals surface area contributed by atoms with Gasteiger partial charge in [-0.2, -0.15) is 0 Å². The Morgan fingerprint density at radius 2 is 1.93 bits per heavy atom. The Hall–Kier alpha value is -2.80. The number of benzene rings is 1. The first-order chi connectivity index (χ1) is 14.1. The number of aromatic nitrogens is 2. The summed E-state index contributed by atoms with van der Waals surface area (Å²) in [6.07, 6.45) is 5.24. The molecule has 0 saturated carbocycles. The van der Waals surface area contributed by atoms with Gasteiger partial charge in [0.2, 0.25) is 5.91 Å². The highest BCUT2D eigenvalue weighted by Crippen LogP contribution is 2.44. The summed E-state index contributed by atoms with van der Waals surface area (Å²) in [6, 6.07) is 11.4. The van der Waals surface area contributed by atoms with Gasteiger partial charge in [-0.15, -0.1) is 0 Å². The molecule has 3 heterocycles. The predicted octanol–water partition coefficient (Wildman–Crippen LogP) is 2.43. The van der Waals surface area contributed by atoms with Gasteiger partial charge in [0, 0.05) is 31.0 Å². The maximum atomic E-state index is 13.5. The Morgan fingerprint density at radius 1 is 1.14 bits per heavy atom. The molecule has 4 rings (SSSR count). The van der Waals surface area contributed by atoms with Crippen LogP contribution in [0, 0.1) is 5.41 Å². The maximum absolute atomic E-state index is 13.5. The summed E-state index contributed by atoms with van der Waals surface area (Å²) < 4.78 is 0. The summed E-state index contributed by atoms with van der Waals surface area (Å²) in [4.78, 5) is 38.6. The zero-order valence-corrected chi connectivity index (χ0v) is 16.8. The number of rotatable bonds is 4. The van der Waals surface area contributed by atoms with Crippen molar-refractivity contribution in [1.82, 2.24) is 19.8 Å². The zero-order chi connectivity index (χ0) is 20.3. The molecule has 1 aromatic carbocycles. The molecule has 0 bridgehead atoms. The van der Waals surface area contributed by atoms with Gasteiger partial charge in [-0.1, -0.05) is 25.1 Å². The van der Waals surface area contributed by atoms with Crippen molar-refractivity contribution in [3.8, 4) is 0 Å². The van der Waals surface area contributed by atoms with E-state index >= 15 is 0 Å². The number of fused-ring (bicyclic) bond motifs is 1. The average Bonchev–Trinajstić information content (AvgIpc) is 3.02. The van der Waals surface area contributed by atoms with Crippen LogP contribution in [-0.2, 0) is 4.79 Å². The lowest BCUT2D eigenvalue weighted by atomic mass is 9.75. The molecule has 2 saturated heterocycles. The van der Waals surface area contributed by atoms with E-state index in [1.165, 1.54) is 6.33 Å². The van der Waals surface area contributed by atoms with Crippen LogP contribution < -0.4 is 5.32 Å². The first-order valence-corrected chi connectivity index (χ1v) is 10.3. The fourth-order valence-corrected chi connectivity index (χ4v) is 4.81. The summed E-state index contributed by atoms with van der Waals surface area (Å²) in [5.41, 5.74) is 0.743. The van der Waals surface area contributed by atoms with E-state index in [4.69, 9.17) is 0 Å². The Bertz CT molecular complexity index is 860. The Labute approximate surface area is 171 Å². The molecule has 1 aromatic heterocycles. The molecule has 2 amide bonds. The average molecular weight is 393 g/mol. The van der Waals surface area contributed by atoms with Gasteiger partial charge >= 0.3 is 0 Å². The molecule has 7 heteroatoms. The maximum Gasteiger partial charge on any atom is 0.272 e. The molecular weight excluding hydrogens is 366 g/mol. The van der Waals surface area contributed by atoms with Crippen LogP contribution in [0.4, 0.5) is 5.69 Å². The van der Waals surface area contributed by atoms with E-state index in [0.29, 0.717) is 25.2 Å². The monoisotopic (exact) mass is 393 g/mol. The SMILES string of the molecule is CCN1CC[C@@]2(C(=O)Nc3ccccc3)CCN(C(=O)c3ccncn3)CC[C@@H]12. The van der Waals surface area contributed by atoms with E-state index in [9.17, 15) is 9.59 Å². The molecule has 0 aliphatic carbocycles. The van der Waals surface area contributed by atoms with Crippen molar-refractivity contribution in [2.24, 2.45) is 5.41 Å². The highest BCUT2D eigenvalue weighted by molar-refractivity contribution is 5.96. The molecule has 29 heavy (non-hydrogen) atoms. The highest BCUT2D eigenvalue weighted by Gasteiger charge is 2.53. The lowest BCUT2D eigenvalue weighted by molar-refractivity contribution is -0.127. The van der Waals surface area contributed by atoms with Crippen molar-refractivity contribution in [3.05, 3.63) is 54.6 Å². The smallest absolute Gasteiger partial charge is 0.272 e. The molecule has 2 aromatic rings. The second kappa shape index (κ2) is 8.29. The number of hydrogen-bond acceptors (Lipinski definition) is 5. The molecule has 2 fully saturated rings. The third-order valence-electron chi connectivity index (χ3n) is 6.40. The van der Waals surface area contributed by atoms with Crippen LogP contribution in [-0.4, -0.2) is 63.8 Å². The molecule has 7 nitrogen and oxygen atoms in total. The van der Waals surface area contributed by atoms with Crippen molar-refractivity contribution in [1.29, 1.82) is 0 Å². The first kappa shape index (κ1) is 19.5. The minimum atomic E-state index is -0.480. The van der Waals surface area contributed by atoms with Crippen molar-refractivity contribution >= 4 is 17.5 Å². The third kappa shape index (κ3) is 3.74. The summed E-state index contributed by atoms with van der Waals surface area (Å²) in [5.74, 6) is -0.0185. The predicted molar refractivity (Wildman–Crippen MR) is 110 cm³/mol. The molecule has 2 aliphatic heterocycles. The minimum absolute atomic E-state index is 0.0704. The van der Waals surface area contributed by atoms with Crippen molar-refractivity contribution in [3.63, 3.8) is 0 Å². The molecule has 2 atom stereocenters. The molecular formula is C22H27N5O2. The second-order valence-corrected chi connectivity index (χ2v) is 7.80. The topological polar surface area (TPSA) is 78.4 Å². The molecule has 2 aliphatic rings. The van der Waals surface area contributed by atoms with Gasteiger partial charge in [-0.25, -0.2) is 9.97 Å². The van der Waals surface area contributed by atoms with Gasteiger partial charge in [0.05, 0.1) is 5.41 Å². The van der Waals surface area contributed by atoms with E-state index < -0.39 is 5.41 Å². The Balaban J connectivity index is 1.57. The lowest BCUT2D eigenvalue weighted by Crippen LogP contribution is -2.47. The minimum Gasteiger partial charge on any atom is -0.337 e. The number of amides is 2. The van der Waals surface area contributed by atoms with Crippen LogP contribution >= 0.6 is 0 Å². The molecule has 1 N–H and O–H groups in total. The number of nitrogens with one attached hydrogen (secondary N) is 1. The standard InChI is InChI=1S/C22H27N5O2/c1-2-26-14-10-22(21(29)25-17-6-4-3-5-7-17)11-15-27(13-9-19(22)26)20(28)18-8-12-23-16-24-18/h3-8,12,16,19H,2,9-11,13-15H2,1H3,(H,25,29)/t19-,22-/m1/s1. The largest absolute Gasteiger partial charge is 0.337 e. The number of anilines is 1. The van der Waals surface area contributed by atoms with Crippen molar-refractivity contribution in [2.75, 3.05) is 31.5 Å². The number of carbonyl (C=O) groups excluding carboxylic acids is 2. The zero-order valence-electron chi connectivity index (χ0n) is 16.8. The fourth-order valence-electron chi connectivity index (χ4n) is 4.81. The van der Waals surface area contributed by atoms with Gasteiger partial charge < -0.3 is 10.2 Å². The third-order valence-corrected chi connectivity index (χ3v) is 6.40. The van der Waals surface area contributed by atoms with Crippen LogP contribution in [0.3, 0.4) is 0 Å². The van der Waals surface area contributed by atoms with Gasteiger partial charge in [-0.05, 0) is 50.6 Å². The summed E-state index contributed by atoms with van der Waals surface area (Å²) in [6.45, 7) is 5.15. The van der Waals surface area contributed by atoms with Gasteiger partial charge in [0.1, 0.15) is 12.0 Å². The lowest BCUT2D eigenvalue weighted by Gasteiger charge is -2.35. The van der Waals surface area contributed by atoms with Crippen molar-refractivity contribution < 1.29 is 9.59 Å². The van der Waals surface area contributed by atoms with Gasteiger partial charge in [0.15, 0.2) is 0 Å². The number of carbonyl (C=O) groups is 2. The van der Waals surface area contributed by atoms with Gasteiger partial charge in [-0.3, -0.25) is 14.5 Å². The normalized spacial score (nSPS) is 24.6. The summed E-state index contributed by atoms with van der Waals surface area (Å²) in [5, 5.41) is 3.13. The van der Waals surface area contributed by atoms with E-state index in [1.54, 1.807) is 12.3 Å². The van der Waals surface area contributed by atoms with E-state index in [-0.39, 0.29) is 17.9 Å². The number of hydrogen-bond donors (Lipinski definition) is 1. The highest BCUT2D eigenvalue weighted by atomic mass is 16.2. The fraction of sp³-hybridized carbons (Fsp3) is 0.455. The van der Waals surface area contributed by atoms with Crippen LogP contribution in [0.15, 0.2) is 48.9 Å². The number of nitrogens with zero attached hydrogens (tertiary/aromatic N) is 4. The van der Waals surface area contributed by atoms with Crippen molar-refractivity contribution in [2.45, 2.75) is 32.2 Å². The second-order valence-electron chi connectivity index (χ2n) is 7.80. The summed E-state index contributed by atoms with van der Waals surface area (Å²) >= 11 is 0. The van der Waals surface area contributed by atoms with Gasteiger partial charge in [0.25, 0.3) is 5.91 Å².